The van der Waals surface area contributed by atoms with Gasteiger partial charge in [-0.15, -0.1) is 10.2 Å². The fourth-order valence-electron chi connectivity index (χ4n) is 3.13. The van der Waals surface area contributed by atoms with E-state index in [9.17, 15) is 9.59 Å². The van der Waals surface area contributed by atoms with Gasteiger partial charge in [-0.05, 0) is 37.1 Å². The second kappa shape index (κ2) is 5.63. The third-order valence-corrected chi connectivity index (χ3v) is 4.38. The summed E-state index contributed by atoms with van der Waals surface area (Å²) in [6, 6.07) is 6.60. The van der Waals surface area contributed by atoms with Gasteiger partial charge in [0.25, 0.3) is 5.91 Å². The molecule has 3 amide bonds. The zero-order valence-electron chi connectivity index (χ0n) is 13.1. The number of carbonyl (C=O) groups excluding carboxylic acids is 2. The van der Waals surface area contributed by atoms with E-state index < -0.39 is 0 Å². The van der Waals surface area contributed by atoms with Gasteiger partial charge < -0.3 is 14.1 Å². The van der Waals surface area contributed by atoms with E-state index in [2.05, 4.69) is 10.2 Å². The van der Waals surface area contributed by atoms with Crippen LogP contribution in [0.15, 0.2) is 28.7 Å². The van der Waals surface area contributed by atoms with Gasteiger partial charge in [0.2, 0.25) is 11.8 Å². The van der Waals surface area contributed by atoms with Crippen LogP contribution < -0.4 is 4.74 Å². The number of hydrogen-bond acceptors (Lipinski definition) is 6. The van der Waals surface area contributed by atoms with E-state index >= 15 is 0 Å². The zero-order valence-corrected chi connectivity index (χ0v) is 13.1. The largest absolute Gasteiger partial charge is 0.497 e. The van der Waals surface area contributed by atoms with Crippen molar-refractivity contribution in [3.05, 3.63) is 30.2 Å². The molecular weight excluding hydrogens is 312 g/mol. The lowest BCUT2D eigenvalue weighted by Gasteiger charge is -2.13. The Bertz CT molecular complexity index is 764. The predicted octanol–water partition coefficient (Wildman–Crippen LogP) is 1.67. The standard InChI is InChI=1S/C16H16N4O4/c1-23-11-6-4-10(5-7-11)14-18-17-13(24-14)9-20-15(21)12-3-2-8-19(12)16(20)22/h4-7,12H,2-3,8-9H2,1H3/t12-/m0/s1. The summed E-state index contributed by atoms with van der Waals surface area (Å²) in [7, 11) is 1.59. The first-order valence-electron chi connectivity index (χ1n) is 7.76. The summed E-state index contributed by atoms with van der Waals surface area (Å²) in [5, 5.41) is 7.93. The monoisotopic (exact) mass is 328 g/mol. The lowest BCUT2D eigenvalue weighted by atomic mass is 10.2. The molecule has 8 nitrogen and oxygen atoms in total. The Morgan fingerprint density at radius 2 is 2.04 bits per heavy atom. The number of amides is 3. The predicted molar refractivity (Wildman–Crippen MR) is 82.0 cm³/mol. The lowest BCUT2D eigenvalue weighted by Crippen LogP contribution is -2.32. The van der Waals surface area contributed by atoms with Crippen molar-refractivity contribution in [2.24, 2.45) is 0 Å². The van der Waals surface area contributed by atoms with Crippen molar-refractivity contribution < 1.29 is 18.7 Å². The van der Waals surface area contributed by atoms with Gasteiger partial charge in [-0.1, -0.05) is 0 Å². The van der Waals surface area contributed by atoms with E-state index in [0.29, 0.717) is 12.4 Å². The SMILES string of the molecule is COc1ccc(-c2nnc(CN3C(=O)[C@@H]4CCCN4C3=O)o2)cc1. The van der Waals surface area contributed by atoms with Gasteiger partial charge in [-0.3, -0.25) is 9.69 Å². The van der Waals surface area contributed by atoms with Crippen LogP contribution >= 0.6 is 0 Å². The summed E-state index contributed by atoms with van der Waals surface area (Å²) in [6.07, 6.45) is 1.60. The highest BCUT2D eigenvalue weighted by molar-refractivity contribution is 6.04. The van der Waals surface area contributed by atoms with Crippen LogP contribution in [0.4, 0.5) is 4.79 Å². The van der Waals surface area contributed by atoms with Crippen molar-refractivity contribution in [3.8, 4) is 17.2 Å². The van der Waals surface area contributed by atoms with Gasteiger partial charge in [-0.25, -0.2) is 4.79 Å². The van der Waals surface area contributed by atoms with Crippen LogP contribution in [0.2, 0.25) is 0 Å². The average molecular weight is 328 g/mol. The van der Waals surface area contributed by atoms with Crippen LogP contribution in [0.25, 0.3) is 11.5 Å². The molecule has 1 aromatic heterocycles. The summed E-state index contributed by atoms with van der Waals surface area (Å²) < 4.78 is 10.7. The first kappa shape index (κ1) is 14.7. The Kier molecular flexibility index (Phi) is 3.44. The molecule has 8 heteroatoms. The van der Waals surface area contributed by atoms with Crippen LogP contribution in [0.3, 0.4) is 0 Å². The molecule has 3 heterocycles. The second-order valence-electron chi connectivity index (χ2n) is 5.79. The number of rotatable bonds is 4. The number of nitrogens with zero attached hydrogens (tertiary/aromatic N) is 4. The first-order chi connectivity index (χ1) is 11.7. The Morgan fingerprint density at radius 1 is 1.25 bits per heavy atom. The molecule has 0 bridgehead atoms. The number of hydrogen-bond donors (Lipinski definition) is 0. The molecule has 2 saturated heterocycles. The molecule has 4 rings (SSSR count). The van der Waals surface area contributed by atoms with Crippen LogP contribution in [0.5, 0.6) is 5.75 Å². The van der Waals surface area contributed by atoms with Crippen molar-refractivity contribution in [1.82, 2.24) is 20.0 Å². The van der Waals surface area contributed by atoms with Gasteiger partial charge in [0.15, 0.2) is 0 Å². The molecule has 0 spiro atoms. The number of aromatic nitrogens is 2. The molecule has 0 unspecified atom stereocenters. The molecule has 2 aliphatic heterocycles. The number of ether oxygens (including phenoxy) is 1. The van der Waals surface area contributed by atoms with E-state index in [1.165, 1.54) is 4.90 Å². The van der Waals surface area contributed by atoms with Crippen LogP contribution in [0, 0.1) is 0 Å². The highest BCUT2D eigenvalue weighted by atomic mass is 16.5. The first-order valence-corrected chi connectivity index (χ1v) is 7.76. The van der Waals surface area contributed by atoms with Crippen LogP contribution in [-0.2, 0) is 11.3 Å². The third kappa shape index (κ3) is 2.31. The van der Waals surface area contributed by atoms with E-state index in [0.717, 1.165) is 24.2 Å². The van der Waals surface area contributed by atoms with Crippen molar-refractivity contribution in [2.45, 2.75) is 25.4 Å². The van der Waals surface area contributed by atoms with E-state index in [1.54, 1.807) is 36.3 Å². The van der Waals surface area contributed by atoms with Crippen LogP contribution in [0.1, 0.15) is 18.7 Å². The normalized spacial score (nSPS) is 20.0. The maximum atomic E-state index is 12.3. The van der Waals surface area contributed by atoms with Crippen LogP contribution in [-0.4, -0.2) is 51.6 Å². The number of imide groups is 1. The molecule has 0 saturated carbocycles. The highest BCUT2D eigenvalue weighted by Gasteiger charge is 2.47. The van der Waals surface area contributed by atoms with E-state index in [4.69, 9.17) is 9.15 Å². The molecule has 2 fully saturated rings. The molecule has 0 radical (unpaired) electrons. The van der Waals surface area contributed by atoms with Gasteiger partial charge in [0.1, 0.15) is 18.3 Å². The Labute approximate surface area is 138 Å². The van der Waals surface area contributed by atoms with Crippen molar-refractivity contribution in [2.75, 3.05) is 13.7 Å². The smallest absolute Gasteiger partial charge is 0.327 e. The molecule has 24 heavy (non-hydrogen) atoms. The summed E-state index contributed by atoms with van der Waals surface area (Å²) in [4.78, 5) is 27.4. The molecule has 0 aliphatic carbocycles. The number of urea groups is 1. The minimum atomic E-state index is -0.318. The minimum Gasteiger partial charge on any atom is -0.497 e. The molecule has 124 valence electrons. The third-order valence-electron chi connectivity index (χ3n) is 4.38. The minimum absolute atomic E-state index is 0.00776. The average Bonchev–Trinajstić information content (AvgIpc) is 3.31. The van der Waals surface area contributed by atoms with Crippen molar-refractivity contribution in [3.63, 3.8) is 0 Å². The van der Waals surface area contributed by atoms with E-state index in [-0.39, 0.29) is 30.4 Å². The maximum Gasteiger partial charge on any atom is 0.327 e. The van der Waals surface area contributed by atoms with Crippen molar-refractivity contribution in [1.29, 1.82) is 0 Å². The van der Waals surface area contributed by atoms with E-state index in [1.807, 2.05) is 0 Å². The molecule has 2 aliphatic rings. The highest BCUT2D eigenvalue weighted by Crippen LogP contribution is 2.29. The van der Waals surface area contributed by atoms with Gasteiger partial charge in [0, 0.05) is 12.1 Å². The zero-order chi connectivity index (χ0) is 16.7. The summed E-state index contributed by atoms with van der Waals surface area (Å²) >= 11 is 0. The molecule has 0 N–H and O–H groups in total. The molecule has 1 atom stereocenters. The van der Waals surface area contributed by atoms with Gasteiger partial charge >= 0.3 is 6.03 Å². The van der Waals surface area contributed by atoms with Gasteiger partial charge in [-0.2, -0.15) is 0 Å². The van der Waals surface area contributed by atoms with Gasteiger partial charge in [0.05, 0.1) is 7.11 Å². The lowest BCUT2D eigenvalue weighted by molar-refractivity contribution is -0.128. The summed E-state index contributed by atoms with van der Waals surface area (Å²) in [5.74, 6) is 1.13. The Hall–Kier alpha value is -2.90. The second-order valence-corrected chi connectivity index (χ2v) is 5.79. The Morgan fingerprint density at radius 3 is 2.75 bits per heavy atom. The quantitative estimate of drug-likeness (QED) is 0.793. The number of carbonyl (C=O) groups is 2. The molecule has 1 aromatic carbocycles. The fraction of sp³-hybridized carbons (Fsp3) is 0.375. The number of fused-ring (bicyclic) bond motifs is 1. The molecular formula is C16H16N4O4. The maximum absolute atomic E-state index is 12.3. The number of methoxy groups -OCH3 is 1. The topological polar surface area (TPSA) is 88.8 Å². The number of benzene rings is 1. The van der Waals surface area contributed by atoms with Crippen molar-refractivity contribution >= 4 is 11.9 Å². The summed E-state index contributed by atoms with van der Waals surface area (Å²) in [6.45, 7) is 0.639. The molecule has 2 aromatic rings. The summed E-state index contributed by atoms with van der Waals surface area (Å²) in [5.41, 5.74) is 0.745. The Balaban J connectivity index is 1.51. The fourth-order valence-corrected chi connectivity index (χ4v) is 3.13.